The number of hydrogen-bond donors (Lipinski definition) is 0. The van der Waals surface area contributed by atoms with Gasteiger partial charge in [0.25, 0.3) is 5.56 Å². The van der Waals surface area contributed by atoms with Crippen LogP contribution in [-0.2, 0) is 9.53 Å². The smallest absolute Gasteiger partial charge is 0.338 e. The first-order valence-electron chi connectivity index (χ1n) is 9.18. The molecule has 0 saturated heterocycles. The fourth-order valence-electron chi connectivity index (χ4n) is 3.23. The summed E-state index contributed by atoms with van der Waals surface area (Å²) < 4.78 is 7.73. The number of hydrogen-bond acceptors (Lipinski definition) is 7. The summed E-state index contributed by atoms with van der Waals surface area (Å²) in [5, 5.41) is 3.96. The van der Waals surface area contributed by atoms with Crippen LogP contribution in [0.3, 0.4) is 0 Å². The Bertz CT molecular complexity index is 1270. The van der Waals surface area contributed by atoms with E-state index in [0.717, 1.165) is 15.3 Å². The summed E-state index contributed by atoms with van der Waals surface area (Å²) in [5.74, 6) is -0.428. The second-order valence-corrected chi connectivity index (χ2v) is 9.96. The molecule has 0 bridgehead atoms. The number of carbonyl (C=O) groups is 1. The molecule has 3 aromatic heterocycles. The molecular formula is C21H20N2O3S3. The predicted octanol–water partition coefficient (Wildman–Crippen LogP) is 3.62. The molecule has 1 atom stereocenters. The molecule has 0 amide bonds. The van der Waals surface area contributed by atoms with E-state index in [1.165, 1.54) is 22.7 Å². The van der Waals surface area contributed by atoms with Crippen LogP contribution in [0.25, 0.3) is 6.08 Å². The topological polar surface area (TPSA) is 60.7 Å². The minimum absolute atomic E-state index is 0.137. The third-order valence-electron chi connectivity index (χ3n) is 4.56. The van der Waals surface area contributed by atoms with Crippen LogP contribution < -0.4 is 14.9 Å². The normalized spacial score (nSPS) is 16.9. The van der Waals surface area contributed by atoms with Crippen molar-refractivity contribution in [2.45, 2.75) is 39.8 Å². The highest BCUT2D eigenvalue weighted by Crippen LogP contribution is 2.33. The first-order valence-corrected chi connectivity index (χ1v) is 11.8. The third kappa shape index (κ3) is 3.68. The Kier molecular flexibility index (Phi) is 5.42. The van der Waals surface area contributed by atoms with Gasteiger partial charge in [-0.3, -0.25) is 9.36 Å². The van der Waals surface area contributed by atoms with Gasteiger partial charge in [0.2, 0.25) is 0 Å². The standard InChI is InChI=1S/C21H20N2O3S3/c1-11(2)26-20(25)17-13(4)22-21-23(18(17)14-6-5-8-27-14)19(24)16(29-21)10-15-12(3)7-9-28-15/h5-11,18H,1-4H3/b16-10-. The molecule has 0 saturated carbocycles. The Morgan fingerprint density at radius 1 is 1.24 bits per heavy atom. The Morgan fingerprint density at radius 2 is 2.03 bits per heavy atom. The van der Waals surface area contributed by atoms with E-state index in [1.807, 2.05) is 55.8 Å². The van der Waals surface area contributed by atoms with Gasteiger partial charge in [0.15, 0.2) is 4.80 Å². The van der Waals surface area contributed by atoms with Crippen molar-refractivity contribution in [3.8, 4) is 0 Å². The Balaban J connectivity index is 1.94. The SMILES string of the molecule is CC1=C(C(=O)OC(C)C)C(c2cccs2)n2c(s/c(=C\c3sccc3C)c2=O)=N1. The maximum atomic E-state index is 13.4. The Morgan fingerprint density at radius 3 is 2.66 bits per heavy atom. The second kappa shape index (κ2) is 7.85. The molecule has 8 heteroatoms. The highest BCUT2D eigenvalue weighted by molar-refractivity contribution is 7.11. The van der Waals surface area contributed by atoms with Crippen molar-refractivity contribution in [3.63, 3.8) is 0 Å². The van der Waals surface area contributed by atoms with Crippen LogP contribution in [0.2, 0.25) is 0 Å². The molecule has 1 aliphatic rings. The van der Waals surface area contributed by atoms with E-state index in [4.69, 9.17) is 4.74 Å². The van der Waals surface area contributed by atoms with E-state index < -0.39 is 12.0 Å². The molecular weight excluding hydrogens is 424 g/mol. The van der Waals surface area contributed by atoms with Gasteiger partial charge in [0.1, 0.15) is 6.04 Å². The number of carbonyl (C=O) groups excluding carboxylic acids is 1. The number of thiophene rings is 2. The van der Waals surface area contributed by atoms with Gasteiger partial charge in [-0.1, -0.05) is 17.4 Å². The zero-order valence-corrected chi connectivity index (χ0v) is 18.9. The number of esters is 1. The van der Waals surface area contributed by atoms with Crippen molar-refractivity contribution < 1.29 is 9.53 Å². The van der Waals surface area contributed by atoms with Crippen molar-refractivity contribution in [1.29, 1.82) is 0 Å². The third-order valence-corrected chi connectivity index (χ3v) is 7.43. The molecule has 4 rings (SSSR count). The number of allylic oxidation sites excluding steroid dienone is 1. The highest BCUT2D eigenvalue weighted by Gasteiger charge is 2.34. The molecule has 0 fully saturated rings. The molecule has 0 aromatic carbocycles. The quantitative estimate of drug-likeness (QED) is 0.578. The van der Waals surface area contributed by atoms with E-state index >= 15 is 0 Å². The molecule has 0 spiro atoms. The number of ether oxygens (including phenoxy) is 1. The largest absolute Gasteiger partial charge is 0.459 e. The number of rotatable bonds is 4. The molecule has 0 N–H and O–H groups in total. The van der Waals surface area contributed by atoms with E-state index in [-0.39, 0.29) is 11.7 Å². The zero-order chi connectivity index (χ0) is 20.7. The van der Waals surface area contributed by atoms with Gasteiger partial charge < -0.3 is 4.74 Å². The Hall–Kier alpha value is -2.29. The Labute approximate surface area is 179 Å². The molecule has 5 nitrogen and oxygen atoms in total. The van der Waals surface area contributed by atoms with Crippen LogP contribution in [0, 0.1) is 6.92 Å². The molecule has 4 heterocycles. The second-order valence-electron chi connectivity index (χ2n) is 7.02. The predicted molar refractivity (Wildman–Crippen MR) is 118 cm³/mol. The lowest BCUT2D eigenvalue weighted by molar-refractivity contribution is -0.143. The van der Waals surface area contributed by atoms with Gasteiger partial charge in [0, 0.05) is 9.75 Å². The maximum absolute atomic E-state index is 13.4. The molecule has 0 aliphatic carbocycles. The van der Waals surface area contributed by atoms with Crippen molar-refractivity contribution in [3.05, 3.63) is 75.2 Å². The van der Waals surface area contributed by atoms with Crippen molar-refractivity contribution in [2.24, 2.45) is 4.99 Å². The van der Waals surface area contributed by atoms with Crippen molar-refractivity contribution >= 4 is 46.1 Å². The van der Waals surface area contributed by atoms with Crippen LogP contribution in [-0.4, -0.2) is 16.6 Å². The van der Waals surface area contributed by atoms with Gasteiger partial charge in [-0.25, -0.2) is 9.79 Å². The van der Waals surface area contributed by atoms with E-state index in [2.05, 4.69) is 4.99 Å². The van der Waals surface area contributed by atoms with Crippen LogP contribution in [0.15, 0.2) is 50.0 Å². The summed E-state index contributed by atoms with van der Waals surface area (Å²) in [5.41, 5.74) is 2.01. The van der Waals surface area contributed by atoms with Crippen molar-refractivity contribution in [2.75, 3.05) is 0 Å². The lowest BCUT2D eigenvalue weighted by Gasteiger charge is -2.24. The van der Waals surface area contributed by atoms with Crippen LogP contribution in [0.4, 0.5) is 0 Å². The summed E-state index contributed by atoms with van der Waals surface area (Å²) in [6.07, 6.45) is 1.67. The molecule has 1 aliphatic heterocycles. The summed E-state index contributed by atoms with van der Waals surface area (Å²) >= 11 is 4.47. The zero-order valence-electron chi connectivity index (χ0n) is 16.5. The van der Waals surface area contributed by atoms with Crippen molar-refractivity contribution in [1.82, 2.24) is 4.57 Å². The summed E-state index contributed by atoms with van der Waals surface area (Å²) in [6, 6.07) is 5.37. The average Bonchev–Trinajstić information content (AvgIpc) is 3.37. The van der Waals surface area contributed by atoms with Gasteiger partial charge in [-0.15, -0.1) is 22.7 Å². The number of aryl methyl sites for hydroxylation is 1. The molecule has 3 aromatic rings. The molecule has 150 valence electrons. The minimum Gasteiger partial charge on any atom is -0.459 e. The van der Waals surface area contributed by atoms with Gasteiger partial charge >= 0.3 is 5.97 Å². The summed E-state index contributed by atoms with van der Waals surface area (Å²) in [4.78, 5) is 33.4. The summed E-state index contributed by atoms with van der Waals surface area (Å²) in [7, 11) is 0. The lowest BCUT2D eigenvalue weighted by atomic mass is 10.0. The van der Waals surface area contributed by atoms with Gasteiger partial charge in [-0.2, -0.15) is 0 Å². The van der Waals surface area contributed by atoms with E-state index in [9.17, 15) is 9.59 Å². The fraction of sp³-hybridized carbons (Fsp3) is 0.286. The number of nitrogens with zero attached hydrogens (tertiary/aromatic N) is 2. The van der Waals surface area contributed by atoms with Gasteiger partial charge in [0.05, 0.1) is 21.9 Å². The average molecular weight is 445 g/mol. The van der Waals surface area contributed by atoms with Gasteiger partial charge in [-0.05, 0) is 62.2 Å². The van der Waals surface area contributed by atoms with E-state index in [1.54, 1.807) is 22.8 Å². The number of fused-ring (bicyclic) bond motifs is 1. The first-order chi connectivity index (χ1) is 13.9. The molecule has 1 unspecified atom stereocenters. The molecule has 29 heavy (non-hydrogen) atoms. The van der Waals surface area contributed by atoms with Crippen LogP contribution in [0.1, 0.15) is 42.1 Å². The van der Waals surface area contributed by atoms with Crippen LogP contribution >= 0.6 is 34.0 Å². The maximum Gasteiger partial charge on any atom is 0.338 e. The monoisotopic (exact) mass is 444 g/mol. The number of aromatic nitrogens is 1. The fourth-order valence-corrected chi connectivity index (χ4v) is 6.01. The number of thiazole rings is 1. The lowest BCUT2D eigenvalue weighted by Crippen LogP contribution is -2.39. The minimum atomic E-state index is -0.524. The van der Waals surface area contributed by atoms with E-state index in [0.29, 0.717) is 20.6 Å². The summed E-state index contributed by atoms with van der Waals surface area (Å²) in [6.45, 7) is 7.45. The van der Waals surface area contributed by atoms with Crippen LogP contribution in [0.5, 0.6) is 0 Å². The first kappa shape index (κ1) is 20.0. The highest BCUT2D eigenvalue weighted by atomic mass is 32.1. The molecule has 0 radical (unpaired) electrons.